The van der Waals surface area contributed by atoms with Gasteiger partial charge in [-0.15, -0.1) is 0 Å². The zero-order valence-corrected chi connectivity index (χ0v) is 15.9. The number of ether oxygens (including phenoxy) is 1. The first-order valence-corrected chi connectivity index (χ1v) is 9.84. The lowest BCUT2D eigenvalue weighted by Crippen LogP contribution is -2.07. The Labute approximate surface area is 152 Å². The van der Waals surface area contributed by atoms with Crippen molar-refractivity contribution in [1.29, 1.82) is 0 Å². The Kier molecular flexibility index (Phi) is 12.7. The molecule has 0 fully saturated rings. The van der Waals surface area contributed by atoms with Crippen LogP contribution in [0.5, 0.6) is 5.75 Å². The van der Waals surface area contributed by atoms with Gasteiger partial charge in [-0.1, -0.05) is 65.2 Å². The highest BCUT2D eigenvalue weighted by atomic mass is 17.2. The predicted molar refractivity (Wildman–Crippen MR) is 101 cm³/mol. The summed E-state index contributed by atoms with van der Waals surface area (Å²) in [5.74, 6) is 0.310. The van der Waals surface area contributed by atoms with Gasteiger partial charge in [0.2, 0.25) is 0 Å². The van der Waals surface area contributed by atoms with Crippen LogP contribution < -0.4 is 4.74 Å². The summed E-state index contributed by atoms with van der Waals surface area (Å²) >= 11 is 0. The van der Waals surface area contributed by atoms with E-state index in [-0.39, 0.29) is 0 Å². The number of carbonyl (C=O) groups is 1. The Morgan fingerprint density at radius 1 is 0.760 bits per heavy atom. The van der Waals surface area contributed by atoms with Crippen LogP contribution in [-0.2, 0) is 9.78 Å². The molecule has 25 heavy (non-hydrogen) atoms. The highest BCUT2D eigenvalue weighted by Gasteiger charge is 2.08. The molecule has 0 N–H and O–H groups in total. The number of hydrogen-bond acceptors (Lipinski definition) is 4. The fourth-order valence-corrected chi connectivity index (χ4v) is 2.46. The molecule has 1 rings (SSSR count). The molecule has 1 aromatic carbocycles. The summed E-state index contributed by atoms with van der Waals surface area (Å²) in [6, 6.07) is 6.96. The van der Waals surface area contributed by atoms with Gasteiger partial charge in [0.1, 0.15) is 5.75 Å². The van der Waals surface area contributed by atoms with E-state index < -0.39 is 5.97 Å². The first kappa shape index (κ1) is 21.5. The molecule has 0 spiro atoms. The van der Waals surface area contributed by atoms with E-state index in [2.05, 4.69) is 13.8 Å². The summed E-state index contributed by atoms with van der Waals surface area (Å²) in [4.78, 5) is 21.7. The molecule has 0 aliphatic rings. The zero-order chi connectivity index (χ0) is 18.2. The van der Waals surface area contributed by atoms with E-state index in [0.29, 0.717) is 18.8 Å². The molecule has 0 amide bonds. The topological polar surface area (TPSA) is 44.8 Å². The van der Waals surface area contributed by atoms with Gasteiger partial charge in [-0.05, 0) is 37.1 Å². The van der Waals surface area contributed by atoms with Crippen LogP contribution in [0.25, 0.3) is 0 Å². The molecule has 0 saturated carbocycles. The van der Waals surface area contributed by atoms with Crippen molar-refractivity contribution in [2.75, 3.05) is 13.2 Å². The van der Waals surface area contributed by atoms with Crippen LogP contribution in [0, 0.1) is 0 Å². The molecule has 0 aliphatic heterocycles. The molecule has 142 valence electrons. The molecule has 0 aliphatic carbocycles. The average Bonchev–Trinajstić information content (AvgIpc) is 2.64. The van der Waals surface area contributed by atoms with Crippen molar-refractivity contribution in [1.82, 2.24) is 0 Å². The summed E-state index contributed by atoms with van der Waals surface area (Å²) < 4.78 is 5.56. The highest BCUT2D eigenvalue weighted by Crippen LogP contribution is 2.14. The molecule has 0 atom stereocenters. The first-order chi connectivity index (χ1) is 12.3. The Hall–Kier alpha value is -1.55. The molecule has 0 heterocycles. The molecule has 0 aromatic heterocycles. The van der Waals surface area contributed by atoms with Crippen LogP contribution in [0.1, 0.15) is 88.4 Å². The number of carbonyl (C=O) groups excluding carboxylic acids is 1. The van der Waals surface area contributed by atoms with Crippen molar-refractivity contribution >= 4 is 5.97 Å². The molecule has 4 nitrogen and oxygen atoms in total. The number of rotatable bonds is 15. The molecule has 0 unspecified atom stereocenters. The van der Waals surface area contributed by atoms with Gasteiger partial charge in [-0.25, -0.2) is 4.79 Å². The third-order valence-electron chi connectivity index (χ3n) is 4.07. The van der Waals surface area contributed by atoms with E-state index >= 15 is 0 Å². The van der Waals surface area contributed by atoms with Crippen molar-refractivity contribution in [3.05, 3.63) is 29.8 Å². The van der Waals surface area contributed by atoms with Gasteiger partial charge in [0.05, 0.1) is 18.8 Å². The van der Waals surface area contributed by atoms with Gasteiger partial charge in [0, 0.05) is 0 Å². The lowest BCUT2D eigenvalue weighted by molar-refractivity contribution is -0.241. The van der Waals surface area contributed by atoms with Crippen LogP contribution in [0.15, 0.2) is 24.3 Å². The van der Waals surface area contributed by atoms with Gasteiger partial charge in [-0.2, -0.15) is 4.89 Å². The minimum absolute atomic E-state index is 0.457. The Bertz CT molecular complexity index is 442. The maximum Gasteiger partial charge on any atom is 0.373 e. The second kappa shape index (κ2) is 14.8. The maximum atomic E-state index is 11.9. The minimum Gasteiger partial charge on any atom is -0.494 e. The second-order valence-electron chi connectivity index (χ2n) is 6.39. The van der Waals surface area contributed by atoms with Crippen molar-refractivity contribution in [3.8, 4) is 5.75 Å². The van der Waals surface area contributed by atoms with E-state index in [9.17, 15) is 4.79 Å². The van der Waals surface area contributed by atoms with E-state index in [4.69, 9.17) is 14.5 Å². The van der Waals surface area contributed by atoms with E-state index in [1.807, 2.05) is 0 Å². The molecule has 0 saturated heterocycles. The first-order valence-electron chi connectivity index (χ1n) is 9.84. The summed E-state index contributed by atoms with van der Waals surface area (Å²) in [7, 11) is 0. The summed E-state index contributed by atoms with van der Waals surface area (Å²) in [5.41, 5.74) is 0.471. The largest absolute Gasteiger partial charge is 0.494 e. The highest BCUT2D eigenvalue weighted by molar-refractivity contribution is 5.89. The summed E-state index contributed by atoms with van der Waals surface area (Å²) in [6.45, 7) is 5.51. The van der Waals surface area contributed by atoms with Gasteiger partial charge < -0.3 is 4.74 Å². The Morgan fingerprint density at radius 3 is 2.00 bits per heavy atom. The van der Waals surface area contributed by atoms with Gasteiger partial charge >= 0.3 is 5.97 Å². The molecule has 0 radical (unpaired) electrons. The van der Waals surface area contributed by atoms with Crippen molar-refractivity contribution in [2.45, 2.75) is 78.1 Å². The molecule has 4 heteroatoms. The molecule has 0 bridgehead atoms. The number of unbranched alkanes of at least 4 members (excludes halogenated alkanes) is 8. The van der Waals surface area contributed by atoms with Crippen LogP contribution >= 0.6 is 0 Å². The smallest absolute Gasteiger partial charge is 0.373 e. The third kappa shape index (κ3) is 10.8. The van der Waals surface area contributed by atoms with Gasteiger partial charge in [0.15, 0.2) is 0 Å². The van der Waals surface area contributed by atoms with Crippen LogP contribution in [0.2, 0.25) is 0 Å². The SMILES string of the molecule is CCCCCCCCCCOOC(=O)c1ccc(OCCCC)cc1. The Balaban J connectivity index is 2.06. The monoisotopic (exact) mass is 350 g/mol. The Morgan fingerprint density at radius 2 is 1.36 bits per heavy atom. The van der Waals surface area contributed by atoms with Crippen LogP contribution in [0.3, 0.4) is 0 Å². The second-order valence-corrected chi connectivity index (χ2v) is 6.39. The van der Waals surface area contributed by atoms with Gasteiger partial charge in [-0.3, -0.25) is 4.89 Å². The number of benzene rings is 1. The fourth-order valence-electron chi connectivity index (χ4n) is 2.46. The van der Waals surface area contributed by atoms with Crippen LogP contribution in [-0.4, -0.2) is 19.2 Å². The van der Waals surface area contributed by atoms with Crippen LogP contribution in [0.4, 0.5) is 0 Å². The van der Waals surface area contributed by atoms with Gasteiger partial charge in [0.25, 0.3) is 0 Å². The summed E-state index contributed by atoms with van der Waals surface area (Å²) in [5, 5.41) is 0. The molecular weight excluding hydrogens is 316 g/mol. The van der Waals surface area contributed by atoms with Crippen molar-refractivity contribution in [3.63, 3.8) is 0 Å². The molecule has 1 aromatic rings. The summed E-state index contributed by atoms with van der Waals surface area (Å²) in [6.07, 6.45) is 12.0. The van der Waals surface area contributed by atoms with E-state index in [1.165, 1.54) is 38.5 Å². The predicted octanol–water partition coefficient (Wildman–Crippen LogP) is 6.09. The standard InChI is InChI=1S/C21H34O4/c1-3-5-7-8-9-10-11-12-18-24-25-21(22)19-13-15-20(16-14-19)23-17-6-4-2/h13-16H,3-12,17-18H2,1-2H3. The van der Waals surface area contributed by atoms with Crippen molar-refractivity contribution < 1.29 is 19.3 Å². The maximum absolute atomic E-state index is 11.9. The average molecular weight is 350 g/mol. The quantitative estimate of drug-likeness (QED) is 0.218. The van der Waals surface area contributed by atoms with Crippen molar-refractivity contribution in [2.24, 2.45) is 0 Å². The zero-order valence-electron chi connectivity index (χ0n) is 15.9. The van der Waals surface area contributed by atoms with E-state index in [1.54, 1.807) is 24.3 Å². The third-order valence-corrected chi connectivity index (χ3v) is 4.07. The minimum atomic E-state index is -0.459. The number of hydrogen-bond donors (Lipinski definition) is 0. The molecular formula is C21H34O4. The normalized spacial score (nSPS) is 10.6. The fraction of sp³-hybridized carbons (Fsp3) is 0.667. The lowest BCUT2D eigenvalue weighted by atomic mass is 10.1. The lowest BCUT2D eigenvalue weighted by Gasteiger charge is -2.06. The van der Waals surface area contributed by atoms with E-state index in [0.717, 1.165) is 31.4 Å².